The molecule has 1 unspecified atom stereocenters. The van der Waals surface area contributed by atoms with Gasteiger partial charge in [0.05, 0.1) is 24.2 Å². The summed E-state index contributed by atoms with van der Waals surface area (Å²) in [5, 5.41) is 10.7. The molecule has 0 amide bonds. The van der Waals surface area contributed by atoms with Gasteiger partial charge in [-0.3, -0.25) is 15.7 Å². The van der Waals surface area contributed by atoms with Crippen LogP contribution in [0, 0.1) is 12.7 Å². The van der Waals surface area contributed by atoms with Gasteiger partial charge in [0, 0.05) is 32.5 Å². The number of anilines is 1. The summed E-state index contributed by atoms with van der Waals surface area (Å²) in [7, 11) is 1.36. The number of nitrogen functional groups attached to an aromatic ring is 1. The summed E-state index contributed by atoms with van der Waals surface area (Å²) in [4.78, 5) is 16.4. The molecular formula is C24H28FN3O4S. The smallest absolute Gasteiger partial charge is 0.348 e. The van der Waals surface area contributed by atoms with Gasteiger partial charge in [0.2, 0.25) is 0 Å². The molecule has 2 aromatic heterocycles. The highest BCUT2D eigenvalue weighted by molar-refractivity contribution is 7.12. The van der Waals surface area contributed by atoms with Crippen LogP contribution in [-0.4, -0.2) is 29.4 Å². The van der Waals surface area contributed by atoms with Crippen LogP contribution in [0.5, 0.6) is 5.75 Å². The molecule has 33 heavy (non-hydrogen) atoms. The van der Waals surface area contributed by atoms with Crippen LogP contribution < -0.4 is 16.0 Å². The molecule has 7 nitrogen and oxygen atoms in total. The largest absolute Gasteiger partial charge is 0.486 e. The van der Waals surface area contributed by atoms with E-state index < -0.39 is 0 Å². The quantitative estimate of drug-likeness (QED) is 0.260. The number of ether oxygens (including phenoxy) is 2. The van der Waals surface area contributed by atoms with Crippen molar-refractivity contribution in [2.24, 2.45) is 0 Å². The van der Waals surface area contributed by atoms with E-state index in [1.807, 2.05) is 30.5 Å². The molecule has 3 aromatic rings. The zero-order chi connectivity index (χ0) is 23.8. The number of rotatable bonds is 5. The number of hydrogen-bond donors (Lipinski definition) is 3. The van der Waals surface area contributed by atoms with E-state index in [9.17, 15) is 9.18 Å². The Morgan fingerprint density at radius 1 is 1.33 bits per heavy atom. The number of thiophene rings is 1. The van der Waals surface area contributed by atoms with Crippen LogP contribution in [0.15, 0.2) is 71.9 Å². The standard InChI is InChI=1S/C17H16N2O4S.C7H8FN.2H2/c1-22-17(20)16-8-11(10-24-16)15-9-14(6-7-18-15)23-13-4-2-12(19-21)3-5-13;1-5-2-3-6(8)7(9)4-5;;/h2-4,6-10,13,19,21H,5H2,1H3;2-4H,9H2,1H3;2*1H. The third-order valence-corrected chi connectivity index (χ3v) is 5.55. The minimum absolute atomic E-state index is 0. The minimum Gasteiger partial charge on any atom is -0.486 e. The minimum atomic E-state index is -0.355. The van der Waals surface area contributed by atoms with Crippen molar-refractivity contribution in [2.45, 2.75) is 19.4 Å². The van der Waals surface area contributed by atoms with Gasteiger partial charge < -0.3 is 15.2 Å². The maximum absolute atomic E-state index is 12.4. The Morgan fingerprint density at radius 2 is 2.15 bits per heavy atom. The van der Waals surface area contributed by atoms with Gasteiger partial charge >= 0.3 is 5.97 Å². The van der Waals surface area contributed by atoms with Gasteiger partial charge in [-0.25, -0.2) is 9.18 Å². The van der Waals surface area contributed by atoms with Crippen LogP contribution in [0.3, 0.4) is 0 Å². The molecule has 4 rings (SSSR count). The number of aromatic nitrogens is 1. The summed E-state index contributed by atoms with van der Waals surface area (Å²) < 4.78 is 23.0. The number of hydroxylamine groups is 1. The third-order valence-electron chi connectivity index (χ3n) is 4.64. The molecule has 2 heterocycles. The van der Waals surface area contributed by atoms with E-state index in [4.69, 9.17) is 20.4 Å². The summed E-state index contributed by atoms with van der Waals surface area (Å²) in [6, 6.07) is 10.0. The van der Waals surface area contributed by atoms with Gasteiger partial charge in [-0.05, 0) is 48.9 Å². The van der Waals surface area contributed by atoms with Crippen LogP contribution >= 0.6 is 11.3 Å². The second-order valence-corrected chi connectivity index (χ2v) is 8.03. The third kappa shape index (κ3) is 6.64. The summed E-state index contributed by atoms with van der Waals surface area (Å²) in [5.74, 6) is -0.0130. The summed E-state index contributed by atoms with van der Waals surface area (Å²) in [6.07, 6.45) is 7.71. The summed E-state index contributed by atoms with van der Waals surface area (Å²) >= 11 is 1.32. The van der Waals surface area contributed by atoms with Crippen molar-refractivity contribution in [1.29, 1.82) is 0 Å². The van der Waals surface area contributed by atoms with Crippen LogP contribution in [0.1, 0.15) is 24.5 Å². The van der Waals surface area contributed by atoms with E-state index in [0.717, 1.165) is 16.8 Å². The molecule has 1 atom stereocenters. The van der Waals surface area contributed by atoms with Crippen molar-refractivity contribution < 1.29 is 26.7 Å². The summed E-state index contributed by atoms with van der Waals surface area (Å²) in [6.45, 7) is 1.87. The first-order valence-corrected chi connectivity index (χ1v) is 10.9. The fourth-order valence-corrected chi connectivity index (χ4v) is 3.75. The molecule has 176 valence electrons. The zero-order valence-corrected chi connectivity index (χ0v) is 18.9. The fraction of sp³-hybridized carbons (Fsp3) is 0.167. The number of halogens is 1. The van der Waals surface area contributed by atoms with Crippen molar-refractivity contribution in [3.63, 3.8) is 0 Å². The number of nitrogens with two attached hydrogens (primary N) is 1. The van der Waals surface area contributed by atoms with E-state index in [0.29, 0.717) is 22.7 Å². The number of aryl methyl sites for hydroxylation is 1. The average Bonchev–Trinajstić information content (AvgIpc) is 3.33. The molecule has 0 bridgehead atoms. The van der Waals surface area contributed by atoms with Crippen molar-refractivity contribution in [1.82, 2.24) is 10.5 Å². The van der Waals surface area contributed by atoms with E-state index >= 15 is 0 Å². The van der Waals surface area contributed by atoms with Crippen molar-refractivity contribution in [3.8, 4) is 17.0 Å². The first-order valence-electron chi connectivity index (χ1n) is 9.99. The topological polar surface area (TPSA) is 107 Å². The molecule has 1 aliphatic carbocycles. The molecular weight excluding hydrogens is 445 g/mol. The van der Waals surface area contributed by atoms with Gasteiger partial charge in [0.15, 0.2) is 0 Å². The number of benzene rings is 1. The SMILES string of the molecule is COC(=O)c1cc(-c2cc(OC3C=CC(NO)=CC3)ccn2)cs1.Cc1ccc(F)c(N)c1.[HH].[HH]. The second-order valence-electron chi connectivity index (χ2n) is 7.12. The lowest BCUT2D eigenvalue weighted by Crippen LogP contribution is -2.18. The van der Waals surface area contributed by atoms with Crippen LogP contribution in [0.4, 0.5) is 10.1 Å². The number of hydrogen-bond acceptors (Lipinski definition) is 8. The highest BCUT2D eigenvalue weighted by Crippen LogP contribution is 2.28. The lowest BCUT2D eigenvalue weighted by atomic mass is 10.1. The molecule has 1 aromatic carbocycles. The second kappa shape index (κ2) is 11.3. The van der Waals surface area contributed by atoms with Crippen molar-refractivity contribution >= 4 is 23.0 Å². The lowest BCUT2D eigenvalue weighted by molar-refractivity contribution is 0.0606. The normalized spacial score (nSPS) is 14.5. The molecule has 9 heteroatoms. The number of carbonyl (C=O) groups is 1. The van der Waals surface area contributed by atoms with Gasteiger partial charge in [0.25, 0.3) is 0 Å². The Morgan fingerprint density at radius 3 is 2.79 bits per heavy atom. The number of pyridine rings is 1. The first kappa shape index (κ1) is 24.0. The van der Waals surface area contributed by atoms with Crippen LogP contribution in [-0.2, 0) is 4.74 Å². The van der Waals surface area contributed by atoms with E-state index in [-0.39, 0.29) is 26.4 Å². The van der Waals surface area contributed by atoms with Crippen LogP contribution in [0.25, 0.3) is 11.3 Å². The Labute approximate surface area is 197 Å². The zero-order valence-electron chi connectivity index (χ0n) is 18.1. The molecule has 0 spiro atoms. The molecule has 0 saturated carbocycles. The number of carbonyl (C=O) groups excluding carboxylic acids is 1. The maximum Gasteiger partial charge on any atom is 0.348 e. The predicted octanol–water partition coefficient (Wildman–Crippen LogP) is 5.38. The lowest BCUT2D eigenvalue weighted by Gasteiger charge is -2.18. The maximum atomic E-state index is 12.4. The van der Waals surface area contributed by atoms with Crippen molar-refractivity contribution in [3.05, 3.63) is 88.2 Å². The molecule has 1 aliphatic rings. The van der Waals surface area contributed by atoms with Crippen molar-refractivity contribution in [2.75, 3.05) is 12.8 Å². The Kier molecular flexibility index (Phi) is 8.17. The molecule has 0 saturated heterocycles. The van der Waals surface area contributed by atoms with Crippen LogP contribution in [0.2, 0.25) is 0 Å². The fourth-order valence-electron chi connectivity index (χ4n) is 2.93. The molecule has 0 radical (unpaired) electrons. The predicted molar refractivity (Wildman–Crippen MR) is 130 cm³/mol. The Hall–Kier alpha value is -3.69. The average molecular weight is 474 g/mol. The number of allylic oxidation sites excluding steroid dienone is 1. The number of methoxy groups -OCH3 is 1. The van der Waals surface area contributed by atoms with E-state index in [2.05, 4.69) is 10.5 Å². The Balaban J connectivity index is 0.000000474. The first-order chi connectivity index (χ1) is 15.9. The van der Waals surface area contributed by atoms with E-state index in [1.165, 1.54) is 24.5 Å². The van der Waals surface area contributed by atoms with Gasteiger partial charge in [-0.1, -0.05) is 12.1 Å². The van der Waals surface area contributed by atoms with Gasteiger partial charge in [0.1, 0.15) is 22.5 Å². The Bertz CT molecular complexity index is 1190. The summed E-state index contributed by atoms with van der Waals surface area (Å²) in [5.41, 5.74) is 10.8. The van der Waals surface area contributed by atoms with Gasteiger partial charge in [-0.15, -0.1) is 11.3 Å². The monoisotopic (exact) mass is 473 g/mol. The number of nitrogens with one attached hydrogen (secondary N) is 1. The van der Waals surface area contributed by atoms with Gasteiger partial charge in [-0.2, -0.15) is 0 Å². The molecule has 4 N–H and O–H groups in total. The number of esters is 1. The molecule has 0 fully saturated rings. The highest BCUT2D eigenvalue weighted by Gasteiger charge is 2.13. The molecule has 0 aliphatic heterocycles. The number of nitrogens with zero attached hydrogens (tertiary/aromatic N) is 1. The highest BCUT2D eigenvalue weighted by atomic mass is 32.1. The van der Waals surface area contributed by atoms with E-state index in [1.54, 1.807) is 36.5 Å².